The van der Waals surface area contributed by atoms with Gasteiger partial charge in [0, 0.05) is 79.4 Å². The van der Waals surface area contributed by atoms with E-state index in [4.69, 9.17) is 0 Å². The number of aryl methyl sites for hydroxylation is 8. The van der Waals surface area contributed by atoms with Gasteiger partial charge in [0.1, 0.15) is 0 Å². The van der Waals surface area contributed by atoms with Gasteiger partial charge in [0.25, 0.3) is 0 Å². The highest BCUT2D eigenvalue weighted by Gasteiger charge is 2.27. The molecule has 74 heavy (non-hydrogen) atoms. The summed E-state index contributed by atoms with van der Waals surface area (Å²) in [4.78, 5) is 25.8. The summed E-state index contributed by atoms with van der Waals surface area (Å²) in [5.41, 5.74) is 21.7. The summed E-state index contributed by atoms with van der Waals surface area (Å²) in [5.74, 6) is -0.107. The molecule has 0 amide bonds. The largest absolute Gasteiger partial charge is 0.310 e. The smallest absolute Gasteiger partial charge is 0.193 e. The molecule has 0 unspecified atom stereocenters. The van der Waals surface area contributed by atoms with E-state index in [1.54, 1.807) is 0 Å². The number of benzene rings is 10. The van der Waals surface area contributed by atoms with Gasteiger partial charge < -0.3 is 19.6 Å². The topological polar surface area (TPSA) is 30.0 Å². The van der Waals surface area contributed by atoms with Crippen molar-refractivity contribution < 1.29 is 4.79 Å². The van der Waals surface area contributed by atoms with Crippen LogP contribution in [0.2, 0.25) is 0 Å². The number of hydrogen-bond acceptors (Lipinski definition) is 5. The maximum atomic E-state index is 16.5. The number of hydrogen-bond donors (Lipinski definition) is 0. The molecule has 10 rings (SSSR count). The molecule has 0 saturated heterocycles. The molecule has 0 N–H and O–H groups in total. The summed E-state index contributed by atoms with van der Waals surface area (Å²) in [6.45, 7) is 17.2. The molecular weight excluding hydrogens is 901 g/mol. The van der Waals surface area contributed by atoms with Crippen LogP contribution >= 0.6 is 0 Å². The normalized spacial score (nSPS) is 11.0. The van der Waals surface area contributed by atoms with E-state index in [1.807, 2.05) is 0 Å². The SMILES string of the molecule is Cc1ccccc1N(c1cc(C(=O)c2cc(N(c3ccccc3C)c3ccccc3C)cc(N(c3ccccc3C)c3ccccc3C)c2)cc(N(c2ccccc2C)c2ccccc2C)c1)c1ccccc1C. The van der Waals surface area contributed by atoms with Gasteiger partial charge in [-0.15, -0.1) is 0 Å². The zero-order valence-corrected chi connectivity index (χ0v) is 43.6. The van der Waals surface area contributed by atoms with E-state index in [0.717, 1.165) is 113 Å². The van der Waals surface area contributed by atoms with Crippen LogP contribution in [0.4, 0.5) is 68.2 Å². The van der Waals surface area contributed by atoms with E-state index in [2.05, 4.69) is 306 Å². The van der Waals surface area contributed by atoms with Crippen LogP contribution in [0.15, 0.2) is 231 Å². The molecular formula is C69H62N4O. The summed E-state index contributed by atoms with van der Waals surface area (Å²) >= 11 is 0. The Kier molecular flexibility index (Phi) is 13.8. The van der Waals surface area contributed by atoms with Crippen molar-refractivity contribution in [2.24, 2.45) is 0 Å². The fraction of sp³-hybridized carbons (Fsp3) is 0.116. The van der Waals surface area contributed by atoms with E-state index in [9.17, 15) is 0 Å². The molecule has 0 aliphatic carbocycles. The summed E-state index contributed by atoms with van der Waals surface area (Å²) in [6, 6.07) is 80.8. The molecule has 5 heteroatoms. The molecule has 5 nitrogen and oxygen atoms in total. The van der Waals surface area contributed by atoms with Crippen LogP contribution in [-0.2, 0) is 0 Å². The van der Waals surface area contributed by atoms with Gasteiger partial charge in [0.15, 0.2) is 5.78 Å². The molecule has 0 aliphatic rings. The Hall–Kier alpha value is -8.93. The Bertz CT molecular complexity index is 3040. The summed E-state index contributed by atoms with van der Waals surface area (Å²) < 4.78 is 0. The van der Waals surface area contributed by atoms with Gasteiger partial charge in [-0.3, -0.25) is 4.79 Å². The van der Waals surface area contributed by atoms with Crippen molar-refractivity contribution in [3.8, 4) is 0 Å². The van der Waals surface area contributed by atoms with Crippen molar-refractivity contribution >= 4 is 74.0 Å². The van der Waals surface area contributed by atoms with Crippen molar-refractivity contribution in [1.29, 1.82) is 0 Å². The average Bonchev–Trinajstić information content (AvgIpc) is 3.41. The first-order chi connectivity index (χ1) is 36.0. The monoisotopic (exact) mass is 962 g/mol. The van der Waals surface area contributed by atoms with Crippen molar-refractivity contribution in [1.82, 2.24) is 0 Å². The lowest BCUT2D eigenvalue weighted by atomic mass is 9.97. The van der Waals surface area contributed by atoms with Crippen LogP contribution in [0.25, 0.3) is 0 Å². The maximum absolute atomic E-state index is 16.5. The highest BCUT2D eigenvalue weighted by molar-refractivity contribution is 6.12. The van der Waals surface area contributed by atoms with E-state index in [0.29, 0.717) is 11.1 Å². The van der Waals surface area contributed by atoms with Gasteiger partial charge in [-0.1, -0.05) is 146 Å². The first-order valence-corrected chi connectivity index (χ1v) is 25.5. The molecule has 0 heterocycles. The van der Waals surface area contributed by atoms with E-state index in [1.165, 1.54) is 0 Å². The lowest BCUT2D eigenvalue weighted by Crippen LogP contribution is -2.18. The number of ketones is 1. The van der Waals surface area contributed by atoms with Crippen LogP contribution in [-0.4, -0.2) is 5.78 Å². The highest BCUT2D eigenvalue weighted by atomic mass is 16.1. The standard InChI is InChI=1S/C69H62N4O/c1-47-25-9-17-33-61(47)70(62-34-18-10-26-48(62)2)57-41-55(42-58(45-57)71(63-35-19-11-27-49(63)3)64-36-20-12-28-50(64)4)69(74)56-43-59(72(65-37-21-13-29-51(65)5)66-38-22-14-30-52(66)6)46-60(44-56)73(67-39-23-15-31-53(67)7)68-40-24-16-32-54(68)8/h9-46H,1-8H3. The molecule has 0 bridgehead atoms. The highest BCUT2D eigenvalue weighted by Crippen LogP contribution is 2.47. The van der Waals surface area contributed by atoms with Gasteiger partial charge in [0.05, 0.1) is 0 Å². The van der Waals surface area contributed by atoms with Gasteiger partial charge in [-0.25, -0.2) is 0 Å². The molecule has 0 radical (unpaired) electrons. The second-order valence-corrected chi connectivity index (χ2v) is 19.4. The Morgan fingerprint density at radius 1 is 0.230 bits per heavy atom. The van der Waals surface area contributed by atoms with Crippen molar-refractivity contribution in [2.45, 2.75) is 55.4 Å². The van der Waals surface area contributed by atoms with Crippen molar-refractivity contribution in [2.75, 3.05) is 19.6 Å². The molecule has 0 saturated carbocycles. The Balaban J connectivity index is 1.30. The third-order valence-electron chi connectivity index (χ3n) is 14.2. The minimum Gasteiger partial charge on any atom is -0.310 e. The second kappa shape index (κ2) is 21.0. The number of carbonyl (C=O) groups excluding carboxylic acids is 1. The van der Waals surface area contributed by atoms with E-state index < -0.39 is 0 Å². The van der Waals surface area contributed by atoms with Gasteiger partial charge >= 0.3 is 0 Å². The fourth-order valence-electron chi connectivity index (χ4n) is 10.3. The third-order valence-corrected chi connectivity index (χ3v) is 14.2. The number of carbonyl (C=O) groups is 1. The molecule has 0 aliphatic heterocycles. The number of para-hydroxylation sites is 8. The first kappa shape index (κ1) is 48.7. The Labute approximate surface area is 437 Å². The molecule has 0 fully saturated rings. The van der Waals surface area contributed by atoms with E-state index >= 15 is 4.79 Å². The molecule has 10 aromatic carbocycles. The number of anilines is 12. The zero-order valence-electron chi connectivity index (χ0n) is 43.6. The van der Waals surface area contributed by atoms with Crippen LogP contribution in [0, 0.1) is 55.4 Å². The molecule has 0 spiro atoms. The Morgan fingerprint density at radius 2 is 0.378 bits per heavy atom. The predicted octanol–water partition coefficient (Wildman–Crippen LogP) is 19.3. The first-order valence-electron chi connectivity index (χ1n) is 25.5. The number of nitrogens with zero attached hydrogens (tertiary/aromatic N) is 4. The minimum absolute atomic E-state index is 0.107. The van der Waals surface area contributed by atoms with Crippen molar-refractivity contribution in [3.63, 3.8) is 0 Å². The third kappa shape index (κ3) is 9.60. The quantitative estimate of drug-likeness (QED) is 0.101. The van der Waals surface area contributed by atoms with Gasteiger partial charge in [-0.2, -0.15) is 0 Å². The minimum atomic E-state index is -0.107. The zero-order chi connectivity index (χ0) is 51.5. The van der Waals surface area contributed by atoms with Gasteiger partial charge in [0.2, 0.25) is 0 Å². The summed E-state index contributed by atoms with van der Waals surface area (Å²) in [6.07, 6.45) is 0. The van der Waals surface area contributed by atoms with Gasteiger partial charge in [-0.05, 0) is 185 Å². The van der Waals surface area contributed by atoms with Crippen molar-refractivity contribution in [3.05, 3.63) is 286 Å². The summed E-state index contributed by atoms with van der Waals surface area (Å²) in [5, 5.41) is 0. The predicted molar refractivity (Wildman–Crippen MR) is 313 cm³/mol. The molecule has 0 aromatic heterocycles. The van der Waals surface area contributed by atoms with Crippen LogP contribution in [0.5, 0.6) is 0 Å². The summed E-state index contributed by atoms with van der Waals surface area (Å²) in [7, 11) is 0. The van der Waals surface area contributed by atoms with Crippen LogP contribution in [0.3, 0.4) is 0 Å². The fourth-order valence-corrected chi connectivity index (χ4v) is 10.3. The molecule has 364 valence electrons. The van der Waals surface area contributed by atoms with E-state index in [-0.39, 0.29) is 5.78 Å². The lowest BCUT2D eigenvalue weighted by molar-refractivity contribution is 0.103. The number of rotatable bonds is 14. The second-order valence-electron chi connectivity index (χ2n) is 19.4. The lowest BCUT2D eigenvalue weighted by Gasteiger charge is -2.33. The maximum Gasteiger partial charge on any atom is 0.193 e. The molecule has 0 atom stereocenters. The molecule has 10 aromatic rings. The average molecular weight is 963 g/mol. The van der Waals surface area contributed by atoms with Crippen LogP contribution < -0.4 is 19.6 Å². The Morgan fingerprint density at radius 3 is 0.527 bits per heavy atom. The van der Waals surface area contributed by atoms with Crippen LogP contribution in [0.1, 0.15) is 60.4 Å².